The molecule has 0 atom stereocenters. The molecule has 2 N–H and O–H groups in total. The molecule has 0 unspecified atom stereocenters. The lowest BCUT2D eigenvalue weighted by atomic mass is 10.1. The van der Waals surface area contributed by atoms with Crippen molar-refractivity contribution in [3.63, 3.8) is 0 Å². The van der Waals surface area contributed by atoms with Crippen LogP contribution in [0.1, 0.15) is 6.92 Å². The van der Waals surface area contributed by atoms with Crippen LogP contribution >= 0.6 is 22.9 Å². The lowest BCUT2D eigenvalue weighted by molar-refractivity contribution is -0.114. The number of hydrogen-bond acceptors (Lipinski definition) is 5. The van der Waals surface area contributed by atoms with Crippen LogP contribution in [0.2, 0.25) is 5.02 Å². The van der Waals surface area contributed by atoms with Gasteiger partial charge in [-0.2, -0.15) is 0 Å². The highest BCUT2D eigenvalue weighted by molar-refractivity contribution is 7.92. The van der Waals surface area contributed by atoms with E-state index in [2.05, 4.69) is 15.0 Å². The lowest BCUT2D eigenvalue weighted by Crippen LogP contribution is -2.13. The Kier molecular flexibility index (Phi) is 6.27. The second kappa shape index (κ2) is 9.12. The maximum absolute atomic E-state index is 12.7. The summed E-state index contributed by atoms with van der Waals surface area (Å²) in [5, 5.41) is 6.11. The monoisotopic (exact) mass is 483 g/mol. The molecule has 0 aliphatic carbocycles. The number of sulfonamides is 1. The van der Waals surface area contributed by atoms with E-state index in [-0.39, 0.29) is 10.8 Å². The van der Waals surface area contributed by atoms with Gasteiger partial charge in [0.1, 0.15) is 5.01 Å². The normalized spacial score (nSPS) is 11.2. The first-order chi connectivity index (χ1) is 15.3. The molecule has 3 aromatic carbocycles. The molecule has 1 heterocycles. The number of nitrogens with one attached hydrogen (secondary N) is 2. The first-order valence-corrected chi connectivity index (χ1v) is 12.3. The zero-order valence-corrected chi connectivity index (χ0v) is 19.3. The highest BCUT2D eigenvalue weighted by atomic mass is 35.5. The Morgan fingerprint density at radius 3 is 2.09 bits per heavy atom. The van der Waals surface area contributed by atoms with Crippen molar-refractivity contribution < 1.29 is 13.2 Å². The molecule has 1 amide bonds. The Morgan fingerprint density at radius 2 is 1.47 bits per heavy atom. The number of carbonyl (C=O) groups is 1. The molecule has 32 heavy (non-hydrogen) atoms. The summed E-state index contributed by atoms with van der Waals surface area (Å²) >= 11 is 7.47. The van der Waals surface area contributed by atoms with Crippen LogP contribution in [0.5, 0.6) is 0 Å². The minimum atomic E-state index is -3.76. The van der Waals surface area contributed by atoms with E-state index in [4.69, 9.17) is 11.6 Å². The van der Waals surface area contributed by atoms with Gasteiger partial charge < -0.3 is 5.32 Å². The second-order valence-electron chi connectivity index (χ2n) is 6.93. The molecule has 0 fully saturated rings. The quantitative estimate of drug-likeness (QED) is 0.358. The molecule has 0 bridgehead atoms. The van der Waals surface area contributed by atoms with Crippen LogP contribution in [0.25, 0.3) is 21.8 Å². The van der Waals surface area contributed by atoms with Crippen LogP contribution < -0.4 is 10.0 Å². The third kappa shape index (κ3) is 5.16. The van der Waals surface area contributed by atoms with Gasteiger partial charge in [0.05, 0.1) is 10.6 Å². The second-order valence-corrected chi connectivity index (χ2v) is 9.91. The molecule has 0 aliphatic rings. The standard InChI is InChI=1S/C23H18ClN3O3S2/c1-15(28)25-19-10-12-21(13-11-19)32(29,30)27-20-8-4-16(5-9-20)22-14-31-23(26-22)17-2-6-18(24)7-3-17/h2-14,27H,1H3,(H,25,28). The fraction of sp³-hybridized carbons (Fsp3) is 0.0435. The predicted octanol–water partition coefficient (Wildman–Crippen LogP) is 5.89. The average Bonchev–Trinajstić information content (AvgIpc) is 3.25. The van der Waals surface area contributed by atoms with Crippen molar-refractivity contribution in [2.45, 2.75) is 11.8 Å². The number of anilines is 2. The van der Waals surface area contributed by atoms with E-state index in [1.54, 1.807) is 24.3 Å². The van der Waals surface area contributed by atoms with Crippen LogP contribution in [-0.4, -0.2) is 19.3 Å². The molecule has 0 spiro atoms. The molecular weight excluding hydrogens is 466 g/mol. The summed E-state index contributed by atoms with van der Waals surface area (Å²) in [5.41, 5.74) is 3.64. The number of benzene rings is 3. The van der Waals surface area contributed by atoms with E-state index in [1.165, 1.54) is 30.4 Å². The van der Waals surface area contributed by atoms with E-state index in [1.807, 2.05) is 41.8 Å². The van der Waals surface area contributed by atoms with Crippen LogP contribution in [0.3, 0.4) is 0 Å². The van der Waals surface area contributed by atoms with E-state index in [0.717, 1.165) is 21.8 Å². The van der Waals surface area contributed by atoms with Crippen molar-refractivity contribution in [1.82, 2.24) is 4.98 Å². The van der Waals surface area contributed by atoms with Gasteiger partial charge in [-0.05, 0) is 48.5 Å². The van der Waals surface area contributed by atoms with Gasteiger partial charge in [-0.15, -0.1) is 11.3 Å². The number of carbonyl (C=O) groups excluding carboxylic acids is 1. The molecular formula is C23H18ClN3O3S2. The number of halogens is 1. The summed E-state index contributed by atoms with van der Waals surface area (Å²) in [5.74, 6) is -0.223. The Labute approximate surface area is 195 Å². The Balaban J connectivity index is 1.48. The minimum Gasteiger partial charge on any atom is -0.326 e. The molecule has 4 aromatic rings. The zero-order chi connectivity index (χ0) is 22.7. The largest absolute Gasteiger partial charge is 0.326 e. The van der Waals surface area contributed by atoms with Crippen LogP contribution in [-0.2, 0) is 14.8 Å². The number of rotatable bonds is 6. The highest BCUT2D eigenvalue weighted by Crippen LogP contribution is 2.30. The molecule has 6 nitrogen and oxygen atoms in total. The number of thiazole rings is 1. The summed E-state index contributed by atoms with van der Waals surface area (Å²) in [6.07, 6.45) is 0. The minimum absolute atomic E-state index is 0.0998. The van der Waals surface area contributed by atoms with Crippen molar-refractivity contribution in [1.29, 1.82) is 0 Å². The lowest BCUT2D eigenvalue weighted by Gasteiger charge is -2.09. The molecule has 0 saturated heterocycles. The number of amides is 1. The molecule has 1 aromatic heterocycles. The molecule has 4 rings (SSSR count). The molecule has 0 radical (unpaired) electrons. The number of hydrogen-bond donors (Lipinski definition) is 2. The van der Waals surface area contributed by atoms with Gasteiger partial charge in [0.2, 0.25) is 5.91 Å². The summed E-state index contributed by atoms with van der Waals surface area (Å²) in [6, 6.07) is 20.5. The fourth-order valence-electron chi connectivity index (χ4n) is 2.98. The van der Waals surface area contributed by atoms with Gasteiger partial charge in [0, 0.05) is 39.8 Å². The first kappa shape index (κ1) is 22.0. The molecule has 162 valence electrons. The van der Waals surface area contributed by atoms with E-state index in [9.17, 15) is 13.2 Å². The van der Waals surface area contributed by atoms with Gasteiger partial charge >= 0.3 is 0 Å². The van der Waals surface area contributed by atoms with E-state index >= 15 is 0 Å². The Morgan fingerprint density at radius 1 is 0.875 bits per heavy atom. The van der Waals surface area contributed by atoms with E-state index in [0.29, 0.717) is 16.4 Å². The smallest absolute Gasteiger partial charge is 0.261 e. The van der Waals surface area contributed by atoms with Gasteiger partial charge in [-0.3, -0.25) is 9.52 Å². The van der Waals surface area contributed by atoms with Gasteiger partial charge in [0.15, 0.2) is 0 Å². The Hall–Kier alpha value is -3.20. The predicted molar refractivity (Wildman–Crippen MR) is 130 cm³/mol. The van der Waals surface area contributed by atoms with Gasteiger partial charge in [-0.25, -0.2) is 13.4 Å². The molecule has 0 saturated carbocycles. The average molecular weight is 484 g/mol. The topological polar surface area (TPSA) is 88.2 Å². The Bertz CT molecular complexity index is 1350. The molecule has 9 heteroatoms. The van der Waals surface area contributed by atoms with E-state index < -0.39 is 10.0 Å². The first-order valence-electron chi connectivity index (χ1n) is 9.52. The molecule has 0 aliphatic heterocycles. The van der Waals surface area contributed by atoms with Crippen molar-refractivity contribution in [3.8, 4) is 21.8 Å². The number of aromatic nitrogens is 1. The summed E-state index contributed by atoms with van der Waals surface area (Å²) in [4.78, 5) is 15.9. The zero-order valence-electron chi connectivity index (χ0n) is 16.9. The summed E-state index contributed by atoms with van der Waals surface area (Å²) < 4.78 is 27.9. The SMILES string of the molecule is CC(=O)Nc1ccc(S(=O)(=O)Nc2ccc(-c3csc(-c4ccc(Cl)cc4)n3)cc2)cc1. The van der Waals surface area contributed by atoms with Crippen LogP contribution in [0.15, 0.2) is 83.1 Å². The third-order valence-corrected chi connectivity index (χ3v) is 7.05. The van der Waals surface area contributed by atoms with Gasteiger partial charge in [0.25, 0.3) is 10.0 Å². The maximum atomic E-state index is 12.7. The highest BCUT2D eigenvalue weighted by Gasteiger charge is 2.15. The summed E-state index contributed by atoms with van der Waals surface area (Å²) in [6.45, 7) is 1.39. The van der Waals surface area contributed by atoms with Crippen molar-refractivity contribution in [2.24, 2.45) is 0 Å². The maximum Gasteiger partial charge on any atom is 0.261 e. The summed E-state index contributed by atoms with van der Waals surface area (Å²) in [7, 11) is -3.76. The number of nitrogens with zero attached hydrogens (tertiary/aromatic N) is 1. The van der Waals surface area contributed by atoms with Gasteiger partial charge in [-0.1, -0.05) is 35.9 Å². The van der Waals surface area contributed by atoms with Crippen molar-refractivity contribution in [3.05, 3.63) is 83.2 Å². The van der Waals surface area contributed by atoms with Crippen LogP contribution in [0, 0.1) is 0 Å². The fourth-order valence-corrected chi connectivity index (χ4v) is 5.00. The van der Waals surface area contributed by atoms with Crippen molar-refractivity contribution >= 4 is 50.2 Å². The van der Waals surface area contributed by atoms with Crippen molar-refractivity contribution in [2.75, 3.05) is 10.0 Å². The third-order valence-electron chi connectivity index (χ3n) is 4.51. The van der Waals surface area contributed by atoms with Crippen LogP contribution in [0.4, 0.5) is 11.4 Å².